The summed E-state index contributed by atoms with van der Waals surface area (Å²) in [6, 6.07) is 9.98. The van der Waals surface area contributed by atoms with Crippen molar-refractivity contribution in [2.45, 2.75) is 13.3 Å². The standard InChI is InChI=1S/C12H13N3O/c1-9(13)7-11-14-12(16-15-11)8-10-5-3-2-4-6-10/h2-7H,8,13H2,1H3/b9-7+. The van der Waals surface area contributed by atoms with E-state index in [-0.39, 0.29) is 0 Å². The lowest BCUT2D eigenvalue weighted by Gasteiger charge is -1.93. The Morgan fingerprint density at radius 3 is 2.81 bits per heavy atom. The van der Waals surface area contributed by atoms with Gasteiger partial charge in [0, 0.05) is 11.8 Å². The second-order valence-electron chi connectivity index (χ2n) is 3.60. The highest BCUT2D eigenvalue weighted by Crippen LogP contribution is 2.08. The van der Waals surface area contributed by atoms with Crippen LogP contribution in [0.15, 0.2) is 40.6 Å². The van der Waals surface area contributed by atoms with Crippen LogP contribution in [-0.4, -0.2) is 10.1 Å². The maximum atomic E-state index is 5.53. The van der Waals surface area contributed by atoms with Crippen molar-refractivity contribution in [2.75, 3.05) is 0 Å². The summed E-state index contributed by atoms with van der Waals surface area (Å²) in [5.74, 6) is 1.12. The number of allylic oxidation sites excluding steroid dienone is 1. The molecule has 16 heavy (non-hydrogen) atoms. The molecule has 1 aromatic heterocycles. The summed E-state index contributed by atoms with van der Waals surface area (Å²) in [5.41, 5.74) is 7.33. The molecule has 0 bridgehead atoms. The number of hydrogen-bond donors (Lipinski definition) is 1. The van der Waals surface area contributed by atoms with Gasteiger partial charge in [-0.1, -0.05) is 35.5 Å². The van der Waals surface area contributed by atoms with E-state index in [1.165, 1.54) is 0 Å². The average molecular weight is 215 g/mol. The number of nitrogens with zero attached hydrogens (tertiary/aromatic N) is 2. The summed E-state index contributed by atoms with van der Waals surface area (Å²) in [6.07, 6.45) is 2.32. The van der Waals surface area contributed by atoms with Crippen molar-refractivity contribution in [1.29, 1.82) is 0 Å². The normalized spacial score (nSPS) is 11.7. The first-order chi connectivity index (χ1) is 7.74. The van der Waals surface area contributed by atoms with Crippen LogP contribution in [0.1, 0.15) is 24.2 Å². The van der Waals surface area contributed by atoms with Gasteiger partial charge < -0.3 is 10.3 Å². The summed E-state index contributed by atoms with van der Waals surface area (Å²) in [4.78, 5) is 4.21. The molecule has 0 saturated heterocycles. The highest BCUT2D eigenvalue weighted by Gasteiger charge is 2.04. The number of aromatic nitrogens is 2. The third kappa shape index (κ3) is 2.70. The summed E-state index contributed by atoms with van der Waals surface area (Å²) in [7, 11) is 0. The second-order valence-corrected chi connectivity index (χ2v) is 3.60. The molecule has 0 aliphatic heterocycles. The first kappa shape index (κ1) is 10.4. The highest BCUT2D eigenvalue weighted by atomic mass is 16.5. The topological polar surface area (TPSA) is 64.9 Å². The molecule has 1 aromatic carbocycles. The molecular formula is C12H13N3O. The van der Waals surface area contributed by atoms with E-state index in [1.54, 1.807) is 13.0 Å². The molecule has 2 N–H and O–H groups in total. The van der Waals surface area contributed by atoms with E-state index in [2.05, 4.69) is 10.1 Å². The zero-order valence-electron chi connectivity index (χ0n) is 9.05. The minimum Gasteiger partial charge on any atom is -0.402 e. The predicted octanol–water partition coefficient (Wildman–Crippen LogP) is 1.98. The van der Waals surface area contributed by atoms with Crippen molar-refractivity contribution in [2.24, 2.45) is 5.73 Å². The lowest BCUT2D eigenvalue weighted by atomic mass is 10.1. The maximum Gasteiger partial charge on any atom is 0.231 e. The van der Waals surface area contributed by atoms with Gasteiger partial charge in [-0.3, -0.25) is 0 Å². The molecule has 0 spiro atoms. The molecular weight excluding hydrogens is 202 g/mol. The lowest BCUT2D eigenvalue weighted by Crippen LogP contribution is -1.91. The van der Waals surface area contributed by atoms with Gasteiger partial charge in [0.2, 0.25) is 5.89 Å². The second kappa shape index (κ2) is 4.61. The van der Waals surface area contributed by atoms with E-state index < -0.39 is 0 Å². The molecule has 0 saturated carbocycles. The Balaban J connectivity index is 2.12. The quantitative estimate of drug-likeness (QED) is 0.850. The Labute approximate surface area is 93.8 Å². The molecule has 0 fully saturated rings. The molecule has 4 nitrogen and oxygen atoms in total. The van der Waals surface area contributed by atoms with Crippen LogP contribution < -0.4 is 5.73 Å². The van der Waals surface area contributed by atoms with Gasteiger partial charge in [0.05, 0.1) is 6.42 Å². The molecule has 4 heteroatoms. The lowest BCUT2D eigenvalue weighted by molar-refractivity contribution is 0.383. The van der Waals surface area contributed by atoms with Crippen molar-refractivity contribution in [3.63, 3.8) is 0 Å². The van der Waals surface area contributed by atoms with E-state index in [0.717, 1.165) is 5.56 Å². The van der Waals surface area contributed by atoms with E-state index >= 15 is 0 Å². The molecule has 0 radical (unpaired) electrons. The molecule has 2 rings (SSSR count). The fourth-order valence-corrected chi connectivity index (χ4v) is 1.37. The van der Waals surface area contributed by atoms with E-state index in [9.17, 15) is 0 Å². The van der Waals surface area contributed by atoms with Crippen LogP contribution in [0.2, 0.25) is 0 Å². The summed E-state index contributed by atoms with van der Waals surface area (Å²) < 4.78 is 5.11. The Bertz CT molecular complexity index is 484. The van der Waals surface area contributed by atoms with Crippen LogP contribution in [0, 0.1) is 0 Å². The average Bonchev–Trinajstić information content (AvgIpc) is 2.66. The Morgan fingerprint density at radius 1 is 1.38 bits per heavy atom. The Kier molecular flexibility index (Phi) is 3.00. The molecule has 1 heterocycles. The number of rotatable bonds is 3. The van der Waals surface area contributed by atoms with Gasteiger partial charge in [-0.2, -0.15) is 4.98 Å². The first-order valence-electron chi connectivity index (χ1n) is 5.04. The first-order valence-corrected chi connectivity index (χ1v) is 5.04. The molecule has 0 aliphatic rings. The van der Waals surface area contributed by atoms with Crippen molar-refractivity contribution in [3.8, 4) is 0 Å². The predicted molar refractivity (Wildman–Crippen MR) is 61.4 cm³/mol. The Morgan fingerprint density at radius 2 is 2.12 bits per heavy atom. The molecule has 2 aromatic rings. The molecule has 82 valence electrons. The van der Waals surface area contributed by atoms with E-state index in [1.807, 2.05) is 30.3 Å². The number of benzene rings is 1. The summed E-state index contributed by atoms with van der Waals surface area (Å²) in [6.45, 7) is 1.78. The zero-order chi connectivity index (χ0) is 11.4. The van der Waals surface area contributed by atoms with E-state index in [0.29, 0.717) is 23.8 Å². The van der Waals surface area contributed by atoms with Gasteiger partial charge in [-0.25, -0.2) is 0 Å². The SMILES string of the molecule is C/C(N)=C\c1noc(Cc2ccccc2)n1. The molecule has 0 amide bonds. The molecule has 0 aliphatic carbocycles. The van der Waals surface area contributed by atoms with Crippen LogP contribution >= 0.6 is 0 Å². The van der Waals surface area contributed by atoms with Gasteiger partial charge in [0.25, 0.3) is 0 Å². The monoisotopic (exact) mass is 215 g/mol. The van der Waals surface area contributed by atoms with Crippen LogP contribution in [-0.2, 0) is 6.42 Å². The van der Waals surface area contributed by atoms with Crippen molar-refractivity contribution < 1.29 is 4.52 Å². The molecule has 0 atom stereocenters. The summed E-state index contributed by atoms with van der Waals surface area (Å²) in [5, 5.41) is 3.81. The minimum atomic E-state index is 0.519. The minimum absolute atomic E-state index is 0.519. The van der Waals surface area contributed by atoms with Crippen molar-refractivity contribution >= 4 is 6.08 Å². The maximum absolute atomic E-state index is 5.53. The van der Waals surface area contributed by atoms with Gasteiger partial charge in [0.15, 0.2) is 5.82 Å². The number of hydrogen-bond acceptors (Lipinski definition) is 4. The van der Waals surface area contributed by atoms with Gasteiger partial charge in [-0.05, 0) is 12.5 Å². The van der Waals surface area contributed by atoms with Crippen LogP contribution in [0.25, 0.3) is 6.08 Å². The van der Waals surface area contributed by atoms with Gasteiger partial charge in [0.1, 0.15) is 0 Å². The highest BCUT2D eigenvalue weighted by molar-refractivity contribution is 5.42. The number of nitrogens with two attached hydrogens (primary N) is 1. The van der Waals surface area contributed by atoms with Crippen molar-refractivity contribution in [1.82, 2.24) is 10.1 Å². The molecule has 0 unspecified atom stereocenters. The Hall–Kier alpha value is -2.10. The van der Waals surface area contributed by atoms with E-state index in [4.69, 9.17) is 10.3 Å². The fourth-order valence-electron chi connectivity index (χ4n) is 1.37. The van der Waals surface area contributed by atoms with Crippen LogP contribution in [0.5, 0.6) is 0 Å². The van der Waals surface area contributed by atoms with Crippen LogP contribution in [0.4, 0.5) is 0 Å². The van der Waals surface area contributed by atoms with Gasteiger partial charge in [-0.15, -0.1) is 0 Å². The smallest absolute Gasteiger partial charge is 0.231 e. The third-order valence-electron chi connectivity index (χ3n) is 2.04. The zero-order valence-corrected chi connectivity index (χ0v) is 9.05. The largest absolute Gasteiger partial charge is 0.402 e. The third-order valence-corrected chi connectivity index (χ3v) is 2.04. The van der Waals surface area contributed by atoms with Crippen LogP contribution in [0.3, 0.4) is 0 Å². The van der Waals surface area contributed by atoms with Gasteiger partial charge >= 0.3 is 0 Å². The van der Waals surface area contributed by atoms with Crippen molar-refractivity contribution in [3.05, 3.63) is 53.3 Å². The fraction of sp³-hybridized carbons (Fsp3) is 0.167. The summed E-state index contributed by atoms with van der Waals surface area (Å²) >= 11 is 0.